The van der Waals surface area contributed by atoms with Crippen molar-refractivity contribution in [2.24, 2.45) is 0 Å². The van der Waals surface area contributed by atoms with Gasteiger partial charge in [-0.05, 0) is 26.0 Å². The summed E-state index contributed by atoms with van der Waals surface area (Å²) in [6.07, 6.45) is -2.69. The Morgan fingerprint density at radius 3 is 2.52 bits per heavy atom. The van der Waals surface area contributed by atoms with Gasteiger partial charge in [-0.25, -0.2) is 4.98 Å². The van der Waals surface area contributed by atoms with Crippen molar-refractivity contribution < 1.29 is 18.0 Å². The predicted molar refractivity (Wildman–Crippen MR) is 94.2 cm³/mol. The van der Waals surface area contributed by atoms with Gasteiger partial charge in [-0.3, -0.25) is 9.59 Å². The van der Waals surface area contributed by atoms with Crippen LogP contribution in [0.2, 0.25) is 5.02 Å². The zero-order valence-electron chi connectivity index (χ0n) is 14.7. The van der Waals surface area contributed by atoms with Gasteiger partial charge in [0.1, 0.15) is 5.02 Å². The molecule has 0 aliphatic rings. The maximum absolute atomic E-state index is 12.6. The number of anilines is 1. The molecule has 1 N–H and O–H groups in total. The van der Waals surface area contributed by atoms with E-state index in [1.165, 1.54) is 11.1 Å². The number of alkyl halides is 3. The Labute approximate surface area is 157 Å². The standard InChI is InChI=1S/C16H17ClF3N5O2/c1-9(2)23-13(26)8-24(3)11-7-22-25(15(27)14(11)17)12-5-4-10(6-21-12)16(18,19)20/h4-7,9H,8H2,1-3H3,(H,23,26). The van der Waals surface area contributed by atoms with Gasteiger partial charge in [0.25, 0.3) is 5.56 Å². The monoisotopic (exact) mass is 403 g/mol. The van der Waals surface area contributed by atoms with Crippen molar-refractivity contribution in [3.05, 3.63) is 45.5 Å². The lowest BCUT2D eigenvalue weighted by Gasteiger charge is -2.20. The Balaban J connectivity index is 2.29. The highest BCUT2D eigenvalue weighted by Gasteiger charge is 2.30. The van der Waals surface area contributed by atoms with E-state index in [2.05, 4.69) is 15.4 Å². The summed E-state index contributed by atoms with van der Waals surface area (Å²) in [6, 6.07) is 1.77. The van der Waals surface area contributed by atoms with E-state index >= 15 is 0 Å². The number of amides is 1. The number of likely N-dealkylation sites (N-methyl/N-ethyl adjacent to an activating group) is 1. The van der Waals surface area contributed by atoms with Crippen molar-refractivity contribution in [3.8, 4) is 5.82 Å². The fraction of sp³-hybridized carbons (Fsp3) is 0.375. The molecule has 0 fully saturated rings. The highest BCUT2D eigenvalue weighted by atomic mass is 35.5. The van der Waals surface area contributed by atoms with Gasteiger partial charge in [-0.15, -0.1) is 0 Å². The van der Waals surface area contributed by atoms with E-state index in [9.17, 15) is 22.8 Å². The number of rotatable bonds is 5. The smallest absolute Gasteiger partial charge is 0.363 e. The van der Waals surface area contributed by atoms with Crippen molar-refractivity contribution >= 4 is 23.2 Å². The normalized spacial score (nSPS) is 11.6. The highest BCUT2D eigenvalue weighted by Crippen LogP contribution is 2.28. The van der Waals surface area contributed by atoms with E-state index in [1.54, 1.807) is 7.05 Å². The third-order valence-electron chi connectivity index (χ3n) is 3.43. The number of aromatic nitrogens is 3. The van der Waals surface area contributed by atoms with Crippen LogP contribution in [0.15, 0.2) is 29.3 Å². The van der Waals surface area contributed by atoms with Crippen LogP contribution >= 0.6 is 11.6 Å². The molecule has 0 radical (unpaired) electrons. The summed E-state index contributed by atoms with van der Waals surface area (Å²) >= 11 is 6.08. The number of nitrogens with one attached hydrogen (secondary N) is 1. The zero-order chi connectivity index (χ0) is 20.4. The molecule has 7 nitrogen and oxygen atoms in total. The second-order valence-electron chi connectivity index (χ2n) is 6.04. The van der Waals surface area contributed by atoms with Gasteiger partial charge in [0.05, 0.1) is 24.0 Å². The first-order valence-electron chi connectivity index (χ1n) is 7.82. The molecule has 0 saturated heterocycles. The van der Waals surface area contributed by atoms with Gasteiger partial charge in [-0.2, -0.15) is 23.0 Å². The van der Waals surface area contributed by atoms with E-state index < -0.39 is 17.3 Å². The van der Waals surface area contributed by atoms with Crippen LogP contribution in [0.4, 0.5) is 18.9 Å². The van der Waals surface area contributed by atoms with Crippen molar-refractivity contribution in [1.82, 2.24) is 20.1 Å². The molecule has 0 aliphatic heterocycles. The van der Waals surface area contributed by atoms with E-state index in [1.807, 2.05) is 13.8 Å². The SMILES string of the molecule is CC(C)NC(=O)CN(C)c1cnn(-c2ccc(C(F)(F)F)cn2)c(=O)c1Cl. The number of carbonyl (C=O) groups excluding carboxylic acids is 1. The lowest BCUT2D eigenvalue weighted by Crippen LogP contribution is -2.39. The minimum atomic E-state index is -4.54. The van der Waals surface area contributed by atoms with Crippen LogP contribution in [0.1, 0.15) is 19.4 Å². The van der Waals surface area contributed by atoms with Crippen molar-refractivity contribution in [3.63, 3.8) is 0 Å². The Morgan fingerprint density at radius 1 is 1.33 bits per heavy atom. The van der Waals surface area contributed by atoms with E-state index in [0.717, 1.165) is 16.8 Å². The van der Waals surface area contributed by atoms with E-state index in [0.29, 0.717) is 6.20 Å². The average molecular weight is 404 g/mol. The maximum atomic E-state index is 12.6. The first-order chi connectivity index (χ1) is 12.5. The predicted octanol–water partition coefficient (Wildman–Crippen LogP) is 2.26. The second-order valence-corrected chi connectivity index (χ2v) is 6.42. The quantitative estimate of drug-likeness (QED) is 0.828. The molecule has 11 heteroatoms. The molecule has 2 aromatic rings. The van der Waals surface area contributed by atoms with Crippen LogP contribution < -0.4 is 15.8 Å². The first-order valence-corrected chi connectivity index (χ1v) is 8.20. The number of hydrogen-bond acceptors (Lipinski definition) is 5. The minimum Gasteiger partial charge on any atom is -0.363 e. The number of pyridine rings is 1. The molecule has 27 heavy (non-hydrogen) atoms. The summed E-state index contributed by atoms with van der Waals surface area (Å²) < 4.78 is 38.6. The van der Waals surface area contributed by atoms with Gasteiger partial charge in [-0.1, -0.05) is 11.6 Å². The van der Waals surface area contributed by atoms with Gasteiger partial charge >= 0.3 is 6.18 Å². The molecule has 2 aromatic heterocycles. The van der Waals surface area contributed by atoms with Crippen LogP contribution in [-0.2, 0) is 11.0 Å². The van der Waals surface area contributed by atoms with Gasteiger partial charge in [0, 0.05) is 19.3 Å². The molecule has 0 saturated carbocycles. The molecule has 1 amide bonds. The number of hydrogen-bond donors (Lipinski definition) is 1. The first kappa shape index (κ1) is 20.7. The third kappa shape index (κ3) is 4.97. The van der Waals surface area contributed by atoms with Crippen LogP contribution in [0.25, 0.3) is 5.82 Å². The summed E-state index contributed by atoms with van der Waals surface area (Å²) in [7, 11) is 1.56. The van der Waals surface area contributed by atoms with Crippen molar-refractivity contribution in [2.75, 3.05) is 18.5 Å². The Hall–Kier alpha value is -2.62. The van der Waals surface area contributed by atoms with Crippen LogP contribution in [0.3, 0.4) is 0 Å². The molecule has 0 bridgehead atoms. The molecule has 0 spiro atoms. The minimum absolute atomic E-state index is 0.0433. The summed E-state index contributed by atoms with van der Waals surface area (Å²) in [5.41, 5.74) is -1.50. The highest BCUT2D eigenvalue weighted by molar-refractivity contribution is 6.33. The third-order valence-corrected chi connectivity index (χ3v) is 3.79. The summed E-state index contributed by atoms with van der Waals surface area (Å²) in [6.45, 7) is 3.57. The van der Waals surface area contributed by atoms with E-state index in [-0.39, 0.29) is 35.0 Å². The Kier molecular flexibility index (Phi) is 6.09. The summed E-state index contributed by atoms with van der Waals surface area (Å²) in [5.74, 6) is -0.376. The second kappa shape index (κ2) is 7.95. The zero-order valence-corrected chi connectivity index (χ0v) is 15.5. The van der Waals surface area contributed by atoms with Gasteiger partial charge < -0.3 is 10.2 Å². The lowest BCUT2D eigenvalue weighted by molar-refractivity contribution is -0.137. The van der Waals surface area contributed by atoms with Crippen LogP contribution in [-0.4, -0.2) is 40.3 Å². The fourth-order valence-corrected chi connectivity index (χ4v) is 2.47. The molecule has 2 heterocycles. The largest absolute Gasteiger partial charge is 0.417 e. The van der Waals surface area contributed by atoms with Gasteiger partial charge in [0.15, 0.2) is 5.82 Å². The molecule has 0 unspecified atom stereocenters. The summed E-state index contributed by atoms with van der Waals surface area (Å²) in [4.78, 5) is 29.3. The fourth-order valence-electron chi connectivity index (χ4n) is 2.20. The number of nitrogens with zero attached hydrogens (tertiary/aromatic N) is 4. The molecular weight excluding hydrogens is 387 g/mol. The Bertz CT molecular complexity index is 881. The molecule has 146 valence electrons. The molecular formula is C16H17ClF3N5O2. The number of carbonyl (C=O) groups is 1. The Morgan fingerprint density at radius 2 is 2.00 bits per heavy atom. The van der Waals surface area contributed by atoms with E-state index in [4.69, 9.17) is 11.6 Å². The van der Waals surface area contributed by atoms with Crippen LogP contribution in [0.5, 0.6) is 0 Å². The lowest BCUT2D eigenvalue weighted by atomic mass is 10.3. The molecule has 0 aromatic carbocycles. The molecule has 0 atom stereocenters. The van der Waals surface area contributed by atoms with Crippen LogP contribution in [0, 0.1) is 0 Å². The summed E-state index contributed by atoms with van der Waals surface area (Å²) in [5, 5.41) is 6.37. The number of halogens is 4. The van der Waals surface area contributed by atoms with Gasteiger partial charge in [0.2, 0.25) is 5.91 Å². The van der Waals surface area contributed by atoms with Crippen molar-refractivity contribution in [1.29, 1.82) is 0 Å². The topological polar surface area (TPSA) is 80.1 Å². The van der Waals surface area contributed by atoms with Crippen molar-refractivity contribution in [2.45, 2.75) is 26.1 Å². The average Bonchev–Trinajstić information content (AvgIpc) is 2.55. The molecule has 2 rings (SSSR count). The maximum Gasteiger partial charge on any atom is 0.417 e. The molecule has 0 aliphatic carbocycles.